The fourth-order valence-electron chi connectivity index (χ4n) is 2.65. The van der Waals surface area contributed by atoms with Gasteiger partial charge in [0.05, 0.1) is 18.7 Å². The Bertz CT molecular complexity index is 586. The lowest BCUT2D eigenvalue weighted by Crippen LogP contribution is -2.04. The average molecular weight is 286 g/mol. The van der Waals surface area contributed by atoms with E-state index < -0.39 is 0 Å². The van der Waals surface area contributed by atoms with Gasteiger partial charge in [0.15, 0.2) is 11.5 Å². The second-order valence-electron chi connectivity index (χ2n) is 5.32. The normalized spacial score (nSPS) is 14.0. The molecule has 1 aromatic heterocycles. The van der Waals surface area contributed by atoms with Gasteiger partial charge in [-0.3, -0.25) is 0 Å². The van der Waals surface area contributed by atoms with Crippen LogP contribution in [0.25, 0.3) is 10.9 Å². The van der Waals surface area contributed by atoms with Crippen LogP contribution in [0.3, 0.4) is 0 Å². The first kappa shape index (κ1) is 14.0. The van der Waals surface area contributed by atoms with E-state index in [0.29, 0.717) is 13.2 Å². The van der Waals surface area contributed by atoms with Crippen LogP contribution in [0, 0.1) is 0 Å². The van der Waals surface area contributed by atoms with Crippen LogP contribution in [0.1, 0.15) is 32.3 Å². The molecule has 0 radical (unpaired) electrons. The van der Waals surface area contributed by atoms with Crippen molar-refractivity contribution in [2.24, 2.45) is 0 Å². The summed E-state index contributed by atoms with van der Waals surface area (Å²) in [7, 11) is 0. The molecule has 1 aromatic carbocycles. The van der Waals surface area contributed by atoms with Crippen LogP contribution in [-0.4, -0.2) is 24.7 Å². The molecule has 4 heteroatoms. The van der Waals surface area contributed by atoms with E-state index in [0.717, 1.165) is 54.0 Å². The van der Waals surface area contributed by atoms with Crippen LogP contribution in [0.15, 0.2) is 18.2 Å². The molecule has 0 amide bonds. The van der Waals surface area contributed by atoms with Gasteiger partial charge < -0.3 is 14.8 Å². The van der Waals surface area contributed by atoms with Gasteiger partial charge in [0.2, 0.25) is 0 Å². The van der Waals surface area contributed by atoms with Crippen LogP contribution >= 0.6 is 0 Å². The summed E-state index contributed by atoms with van der Waals surface area (Å²) in [6.45, 7) is 6.57. The van der Waals surface area contributed by atoms with E-state index in [1.54, 1.807) is 0 Å². The highest BCUT2D eigenvalue weighted by Gasteiger charge is 2.14. The van der Waals surface area contributed by atoms with Crippen molar-refractivity contribution in [1.82, 2.24) is 4.98 Å². The molecule has 4 nitrogen and oxygen atoms in total. The second-order valence-corrected chi connectivity index (χ2v) is 5.32. The summed E-state index contributed by atoms with van der Waals surface area (Å²) >= 11 is 0. The van der Waals surface area contributed by atoms with Crippen molar-refractivity contribution in [2.75, 3.05) is 25.1 Å². The van der Waals surface area contributed by atoms with Crippen LogP contribution in [-0.2, 0) is 6.42 Å². The Kier molecular flexibility index (Phi) is 4.13. The lowest BCUT2D eigenvalue weighted by Gasteiger charge is -2.13. The lowest BCUT2D eigenvalue weighted by atomic mass is 10.1. The van der Waals surface area contributed by atoms with Crippen molar-refractivity contribution in [3.63, 3.8) is 0 Å². The Hall–Kier alpha value is -1.97. The summed E-state index contributed by atoms with van der Waals surface area (Å²) in [5.41, 5.74) is 2.22. The number of ether oxygens (including phenoxy) is 2. The number of fused-ring (bicyclic) bond motifs is 2. The average Bonchev–Trinajstić information content (AvgIpc) is 2.71. The summed E-state index contributed by atoms with van der Waals surface area (Å²) in [6.07, 6.45) is 3.05. The maximum absolute atomic E-state index is 5.77. The summed E-state index contributed by atoms with van der Waals surface area (Å²) in [5.74, 6) is 2.62. The van der Waals surface area contributed by atoms with Gasteiger partial charge in [-0.05, 0) is 31.0 Å². The van der Waals surface area contributed by atoms with Crippen LogP contribution in [0.5, 0.6) is 11.5 Å². The zero-order valence-electron chi connectivity index (χ0n) is 12.7. The summed E-state index contributed by atoms with van der Waals surface area (Å²) in [4.78, 5) is 4.78. The minimum absolute atomic E-state index is 0.701. The number of aryl methyl sites for hydroxylation is 1. The first-order valence-corrected chi connectivity index (χ1v) is 7.79. The first-order chi connectivity index (χ1) is 10.3. The Morgan fingerprint density at radius 3 is 2.57 bits per heavy atom. The molecule has 1 aliphatic rings. The van der Waals surface area contributed by atoms with Gasteiger partial charge in [-0.25, -0.2) is 4.98 Å². The number of nitrogens with one attached hydrogen (secondary N) is 1. The number of pyridine rings is 1. The largest absolute Gasteiger partial charge is 0.490 e. The molecule has 112 valence electrons. The Morgan fingerprint density at radius 1 is 1.10 bits per heavy atom. The summed E-state index contributed by atoms with van der Waals surface area (Å²) < 4.78 is 11.5. The second kappa shape index (κ2) is 6.20. The number of nitrogens with zero attached hydrogens (tertiary/aromatic N) is 1. The van der Waals surface area contributed by atoms with Gasteiger partial charge in [0, 0.05) is 24.4 Å². The molecule has 0 spiro atoms. The van der Waals surface area contributed by atoms with Crippen molar-refractivity contribution in [3.05, 3.63) is 23.8 Å². The van der Waals surface area contributed by atoms with E-state index in [-0.39, 0.29) is 0 Å². The van der Waals surface area contributed by atoms with Crippen molar-refractivity contribution in [2.45, 2.75) is 33.1 Å². The molecule has 1 aliphatic heterocycles. The molecular weight excluding hydrogens is 264 g/mol. The molecule has 2 aromatic rings. The monoisotopic (exact) mass is 286 g/mol. The summed E-state index contributed by atoms with van der Waals surface area (Å²) in [5, 5.41) is 4.48. The van der Waals surface area contributed by atoms with Crippen LogP contribution in [0.2, 0.25) is 0 Å². The van der Waals surface area contributed by atoms with E-state index in [1.165, 1.54) is 5.56 Å². The van der Waals surface area contributed by atoms with Gasteiger partial charge in [-0.2, -0.15) is 0 Å². The number of benzene rings is 1. The third-order valence-corrected chi connectivity index (χ3v) is 3.63. The number of rotatable bonds is 4. The number of hydrogen-bond acceptors (Lipinski definition) is 4. The molecule has 0 saturated carbocycles. The highest BCUT2D eigenvalue weighted by atomic mass is 16.5. The Labute approximate surface area is 125 Å². The van der Waals surface area contributed by atoms with Gasteiger partial charge in [-0.15, -0.1) is 0 Å². The first-order valence-electron chi connectivity index (χ1n) is 7.79. The topological polar surface area (TPSA) is 43.4 Å². The van der Waals surface area contributed by atoms with E-state index in [9.17, 15) is 0 Å². The molecule has 3 rings (SSSR count). The third kappa shape index (κ3) is 2.89. The van der Waals surface area contributed by atoms with E-state index >= 15 is 0 Å². The molecule has 0 fully saturated rings. The molecule has 0 unspecified atom stereocenters. The van der Waals surface area contributed by atoms with Crippen molar-refractivity contribution in [1.29, 1.82) is 0 Å². The van der Waals surface area contributed by atoms with Crippen molar-refractivity contribution in [3.8, 4) is 11.5 Å². The smallest absolute Gasteiger partial charge is 0.163 e. The Balaban J connectivity index is 2.10. The molecular formula is C17H22N2O2. The van der Waals surface area contributed by atoms with Gasteiger partial charge in [-0.1, -0.05) is 13.3 Å². The molecule has 0 bridgehead atoms. The fraction of sp³-hybridized carbons (Fsp3) is 0.471. The number of hydrogen-bond donors (Lipinski definition) is 1. The lowest BCUT2D eigenvalue weighted by molar-refractivity contribution is 0.297. The van der Waals surface area contributed by atoms with Crippen molar-refractivity contribution < 1.29 is 9.47 Å². The maximum Gasteiger partial charge on any atom is 0.163 e. The van der Waals surface area contributed by atoms with Gasteiger partial charge in [0.25, 0.3) is 0 Å². The standard InChI is InChI=1S/C17H22N2O2/c1-3-6-12-9-13-10-15-16(21-8-5-7-20-15)11-14(13)19-17(12)18-4-2/h9-11H,3-8H2,1-2H3,(H,18,19). The number of anilines is 1. The molecule has 2 heterocycles. The van der Waals surface area contributed by atoms with E-state index in [2.05, 4.69) is 31.3 Å². The van der Waals surface area contributed by atoms with Crippen LogP contribution in [0.4, 0.5) is 5.82 Å². The summed E-state index contributed by atoms with van der Waals surface area (Å²) in [6, 6.07) is 6.27. The number of aromatic nitrogens is 1. The van der Waals surface area contributed by atoms with Crippen LogP contribution < -0.4 is 14.8 Å². The minimum atomic E-state index is 0.701. The van der Waals surface area contributed by atoms with E-state index in [4.69, 9.17) is 14.5 Å². The van der Waals surface area contributed by atoms with Gasteiger partial charge >= 0.3 is 0 Å². The third-order valence-electron chi connectivity index (χ3n) is 3.63. The Morgan fingerprint density at radius 2 is 1.86 bits per heavy atom. The predicted octanol–water partition coefficient (Wildman–Crippen LogP) is 3.78. The molecule has 0 aliphatic carbocycles. The zero-order chi connectivity index (χ0) is 14.7. The highest BCUT2D eigenvalue weighted by molar-refractivity contribution is 5.85. The SMILES string of the molecule is CCCc1cc2cc3c(cc2nc1NCC)OCCCO3. The van der Waals surface area contributed by atoms with Gasteiger partial charge in [0.1, 0.15) is 5.82 Å². The highest BCUT2D eigenvalue weighted by Crippen LogP contribution is 2.35. The fourth-order valence-corrected chi connectivity index (χ4v) is 2.65. The van der Waals surface area contributed by atoms with Crippen molar-refractivity contribution >= 4 is 16.7 Å². The molecule has 0 atom stereocenters. The molecule has 21 heavy (non-hydrogen) atoms. The molecule has 1 N–H and O–H groups in total. The minimum Gasteiger partial charge on any atom is -0.490 e. The molecule has 0 saturated heterocycles. The predicted molar refractivity (Wildman–Crippen MR) is 85.5 cm³/mol. The maximum atomic E-state index is 5.77. The van der Waals surface area contributed by atoms with E-state index in [1.807, 2.05) is 6.07 Å². The quantitative estimate of drug-likeness (QED) is 0.929. The zero-order valence-corrected chi connectivity index (χ0v) is 12.7.